The summed E-state index contributed by atoms with van der Waals surface area (Å²) >= 11 is 1.38. The van der Waals surface area contributed by atoms with E-state index in [0.29, 0.717) is 17.1 Å². The van der Waals surface area contributed by atoms with Crippen LogP contribution in [0.3, 0.4) is 0 Å². The molecule has 162 valence electrons. The molecule has 0 fully saturated rings. The summed E-state index contributed by atoms with van der Waals surface area (Å²) in [6.45, 7) is 5.27. The molecule has 0 bridgehead atoms. The van der Waals surface area contributed by atoms with Crippen LogP contribution in [-0.2, 0) is 26.1 Å². The van der Waals surface area contributed by atoms with Crippen molar-refractivity contribution in [2.24, 2.45) is 0 Å². The summed E-state index contributed by atoms with van der Waals surface area (Å²) < 4.78 is 0. The Morgan fingerprint density at radius 3 is 2.69 bits per heavy atom. The Balaban J connectivity index is 1.34. The normalized spacial score (nSPS) is 13.8. The SMILES string of the molecule is Cc1ccc(CNC(=O)c2sc3nc4c(cc3c2N)CN(Cc2ccccc2)CC4)cc1. The highest BCUT2D eigenvalue weighted by molar-refractivity contribution is 7.21. The maximum absolute atomic E-state index is 12.8. The van der Waals surface area contributed by atoms with Crippen molar-refractivity contribution in [3.05, 3.63) is 93.5 Å². The molecule has 2 aromatic carbocycles. The van der Waals surface area contributed by atoms with Gasteiger partial charge in [-0.2, -0.15) is 0 Å². The summed E-state index contributed by atoms with van der Waals surface area (Å²) in [5, 5.41) is 3.88. The first kappa shape index (κ1) is 20.7. The number of benzene rings is 2. The van der Waals surface area contributed by atoms with Gasteiger partial charge >= 0.3 is 0 Å². The molecular formula is C26H26N4OS. The van der Waals surface area contributed by atoms with E-state index in [1.807, 2.05) is 37.3 Å². The van der Waals surface area contributed by atoms with E-state index in [4.69, 9.17) is 10.7 Å². The lowest BCUT2D eigenvalue weighted by atomic mass is 10.0. The third kappa shape index (κ3) is 4.24. The van der Waals surface area contributed by atoms with Crippen molar-refractivity contribution in [1.29, 1.82) is 0 Å². The molecule has 5 nitrogen and oxygen atoms in total. The number of thiophene rings is 1. The van der Waals surface area contributed by atoms with Crippen LogP contribution in [0, 0.1) is 6.92 Å². The van der Waals surface area contributed by atoms with E-state index >= 15 is 0 Å². The number of aromatic nitrogens is 1. The number of rotatable bonds is 5. The average molecular weight is 443 g/mol. The quantitative estimate of drug-likeness (QED) is 0.471. The smallest absolute Gasteiger partial charge is 0.263 e. The fourth-order valence-corrected chi connectivity index (χ4v) is 5.18. The Labute approximate surface area is 191 Å². The van der Waals surface area contributed by atoms with Gasteiger partial charge in [0.1, 0.15) is 9.71 Å². The topological polar surface area (TPSA) is 71.2 Å². The number of pyridine rings is 1. The lowest BCUT2D eigenvalue weighted by molar-refractivity contribution is 0.0956. The summed E-state index contributed by atoms with van der Waals surface area (Å²) in [6, 6.07) is 20.8. The van der Waals surface area contributed by atoms with Crippen LogP contribution in [-0.4, -0.2) is 22.3 Å². The van der Waals surface area contributed by atoms with Crippen LogP contribution in [0.15, 0.2) is 60.7 Å². The van der Waals surface area contributed by atoms with Crippen LogP contribution >= 0.6 is 11.3 Å². The van der Waals surface area contributed by atoms with Crippen molar-refractivity contribution in [3.63, 3.8) is 0 Å². The first-order valence-corrected chi connectivity index (χ1v) is 11.7. The number of carbonyl (C=O) groups is 1. The largest absolute Gasteiger partial charge is 0.397 e. The number of fused-ring (bicyclic) bond motifs is 2. The zero-order valence-corrected chi connectivity index (χ0v) is 18.9. The van der Waals surface area contributed by atoms with Gasteiger partial charge in [0.2, 0.25) is 0 Å². The molecule has 1 aliphatic heterocycles. The van der Waals surface area contributed by atoms with Gasteiger partial charge in [0.25, 0.3) is 5.91 Å². The summed E-state index contributed by atoms with van der Waals surface area (Å²) in [5.41, 5.74) is 12.8. The first-order chi connectivity index (χ1) is 15.6. The number of nitrogen functional groups attached to an aromatic ring is 1. The standard InChI is InChI=1S/C26H26N4OS/c1-17-7-9-18(10-8-17)14-28-25(31)24-23(27)21-13-20-16-30(15-19-5-3-2-4-6-19)12-11-22(20)29-26(21)32-24/h2-10,13H,11-12,14-16,27H2,1H3,(H,28,31). The molecule has 0 aliphatic carbocycles. The fourth-order valence-electron chi connectivity index (χ4n) is 4.17. The molecule has 5 rings (SSSR count). The van der Waals surface area contributed by atoms with Gasteiger partial charge in [0.05, 0.1) is 5.69 Å². The van der Waals surface area contributed by atoms with E-state index in [0.717, 1.165) is 47.5 Å². The van der Waals surface area contributed by atoms with Gasteiger partial charge in [0, 0.05) is 43.7 Å². The van der Waals surface area contributed by atoms with E-state index in [1.54, 1.807) is 0 Å². The van der Waals surface area contributed by atoms with Crippen LogP contribution in [0.4, 0.5) is 5.69 Å². The van der Waals surface area contributed by atoms with Crippen LogP contribution in [0.25, 0.3) is 10.2 Å². The van der Waals surface area contributed by atoms with Crippen molar-refractivity contribution >= 4 is 33.1 Å². The molecule has 4 aromatic rings. The number of nitrogens with one attached hydrogen (secondary N) is 1. The van der Waals surface area contributed by atoms with Crippen LogP contribution in [0.5, 0.6) is 0 Å². The van der Waals surface area contributed by atoms with E-state index < -0.39 is 0 Å². The minimum atomic E-state index is -0.144. The maximum Gasteiger partial charge on any atom is 0.263 e. The highest BCUT2D eigenvalue weighted by atomic mass is 32.1. The summed E-state index contributed by atoms with van der Waals surface area (Å²) in [6.07, 6.45) is 0.908. The van der Waals surface area contributed by atoms with Gasteiger partial charge < -0.3 is 11.1 Å². The summed E-state index contributed by atoms with van der Waals surface area (Å²) in [7, 11) is 0. The molecule has 0 saturated carbocycles. The molecule has 0 atom stereocenters. The van der Waals surface area contributed by atoms with Gasteiger partial charge in [-0.05, 0) is 29.7 Å². The van der Waals surface area contributed by atoms with Crippen molar-refractivity contribution in [1.82, 2.24) is 15.2 Å². The van der Waals surface area contributed by atoms with Crippen LogP contribution in [0.1, 0.15) is 37.6 Å². The summed E-state index contributed by atoms with van der Waals surface area (Å²) in [5.74, 6) is -0.144. The molecular weight excluding hydrogens is 416 g/mol. The molecule has 1 amide bonds. The number of aryl methyl sites for hydroxylation is 1. The van der Waals surface area contributed by atoms with E-state index in [1.165, 1.54) is 28.0 Å². The minimum absolute atomic E-state index is 0.144. The lowest BCUT2D eigenvalue weighted by Gasteiger charge is -2.28. The number of amides is 1. The third-order valence-corrected chi connectivity index (χ3v) is 7.09. The second kappa shape index (κ2) is 8.73. The zero-order valence-electron chi connectivity index (χ0n) is 18.1. The molecule has 0 saturated heterocycles. The number of nitrogens with zero attached hydrogens (tertiary/aromatic N) is 2. The average Bonchev–Trinajstić information content (AvgIpc) is 3.13. The molecule has 1 aliphatic rings. The number of anilines is 1. The van der Waals surface area contributed by atoms with Gasteiger partial charge in [-0.1, -0.05) is 60.2 Å². The summed E-state index contributed by atoms with van der Waals surface area (Å²) in [4.78, 5) is 21.5. The predicted molar refractivity (Wildman–Crippen MR) is 131 cm³/mol. The molecule has 0 radical (unpaired) electrons. The molecule has 6 heteroatoms. The van der Waals surface area contributed by atoms with Crippen molar-refractivity contribution < 1.29 is 4.79 Å². The fraction of sp³-hybridized carbons (Fsp3) is 0.231. The number of hydrogen-bond donors (Lipinski definition) is 2. The Morgan fingerprint density at radius 2 is 1.91 bits per heavy atom. The first-order valence-electron chi connectivity index (χ1n) is 10.9. The van der Waals surface area contributed by atoms with E-state index in [2.05, 4.69) is 40.5 Å². The molecule has 0 unspecified atom stereocenters. The van der Waals surface area contributed by atoms with Crippen LogP contribution in [0.2, 0.25) is 0 Å². The Bertz CT molecular complexity index is 1260. The van der Waals surface area contributed by atoms with Crippen LogP contribution < -0.4 is 11.1 Å². The molecule has 2 aromatic heterocycles. The highest BCUT2D eigenvalue weighted by Gasteiger charge is 2.22. The van der Waals surface area contributed by atoms with Crippen molar-refractivity contribution in [2.75, 3.05) is 12.3 Å². The monoisotopic (exact) mass is 442 g/mol. The number of hydrogen-bond acceptors (Lipinski definition) is 5. The second-order valence-corrected chi connectivity index (χ2v) is 9.41. The molecule has 3 heterocycles. The van der Waals surface area contributed by atoms with Crippen molar-refractivity contribution in [3.8, 4) is 0 Å². The number of carbonyl (C=O) groups excluding carboxylic acids is 1. The third-order valence-electron chi connectivity index (χ3n) is 5.98. The molecule has 0 spiro atoms. The highest BCUT2D eigenvalue weighted by Crippen LogP contribution is 2.35. The van der Waals surface area contributed by atoms with Gasteiger partial charge in [0.15, 0.2) is 0 Å². The Kier molecular flexibility index (Phi) is 5.64. The molecule has 32 heavy (non-hydrogen) atoms. The second-order valence-electron chi connectivity index (χ2n) is 8.41. The van der Waals surface area contributed by atoms with E-state index in [9.17, 15) is 4.79 Å². The number of nitrogens with two attached hydrogens (primary N) is 1. The van der Waals surface area contributed by atoms with Gasteiger partial charge in [-0.3, -0.25) is 9.69 Å². The predicted octanol–water partition coefficient (Wildman–Crippen LogP) is 4.68. The van der Waals surface area contributed by atoms with E-state index in [-0.39, 0.29) is 5.91 Å². The Morgan fingerprint density at radius 1 is 1.12 bits per heavy atom. The van der Waals surface area contributed by atoms with Gasteiger partial charge in [-0.15, -0.1) is 11.3 Å². The van der Waals surface area contributed by atoms with Crippen molar-refractivity contribution in [2.45, 2.75) is 33.0 Å². The zero-order chi connectivity index (χ0) is 22.1. The molecule has 3 N–H and O–H groups in total. The minimum Gasteiger partial charge on any atom is -0.397 e. The lowest BCUT2D eigenvalue weighted by Crippen LogP contribution is -2.30. The van der Waals surface area contributed by atoms with Gasteiger partial charge in [-0.25, -0.2) is 4.98 Å². The Hall–Kier alpha value is -3.22. The maximum atomic E-state index is 12.8.